The summed E-state index contributed by atoms with van der Waals surface area (Å²) in [6.45, 7) is 2.28. The van der Waals surface area contributed by atoms with Crippen molar-refractivity contribution in [3.63, 3.8) is 0 Å². The van der Waals surface area contributed by atoms with Crippen LogP contribution in [0.4, 0.5) is 11.5 Å². The molecule has 3 N–H and O–H groups in total. The highest BCUT2D eigenvalue weighted by atomic mass is 16.1. The molecule has 1 saturated heterocycles. The first-order valence-corrected chi connectivity index (χ1v) is 11.7. The smallest absolute Gasteiger partial charge is 0.259 e. The Morgan fingerprint density at radius 1 is 0.971 bits per heavy atom. The Hall–Kier alpha value is -3.97. The van der Waals surface area contributed by atoms with Crippen molar-refractivity contribution in [1.82, 2.24) is 24.8 Å². The lowest BCUT2D eigenvalue weighted by atomic mass is 9.89. The molecule has 0 atom stereocenters. The van der Waals surface area contributed by atoms with Gasteiger partial charge >= 0.3 is 0 Å². The van der Waals surface area contributed by atoms with E-state index in [1.807, 2.05) is 24.4 Å². The normalized spacial score (nSPS) is 15.2. The zero-order valence-electron chi connectivity index (χ0n) is 19.0. The monoisotopic (exact) mass is 450 g/mol. The first-order valence-electron chi connectivity index (χ1n) is 11.7. The zero-order valence-corrected chi connectivity index (χ0v) is 19.0. The summed E-state index contributed by atoms with van der Waals surface area (Å²) < 4.78 is 0. The number of hydrogen-bond donors (Lipinski definition) is 3. The molecule has 1 fully saturated rings. The van der Waals surface area contributed by atoms with Gasteiger partial charge in [0.15, 0.2) is 0 Å². The average molecular weight is 451 g/mol. The molecule has 1 aromatic carbocycles. The summed E-state index contributed by atoms with van der Waals surface area (Å²) in [7, 11) is 2.18. The highest BCUT2D eigenvalue weighted by molar-refractivity contribution is 5.95. The molecule has 4 aromatic heterocycles. The fraction of sp³-hybridized carbons (Fsp3) is 0.222. The number of aromatic nitrogens is 4. The molecule has 0 radical (unpaired) electrons. The second kappa shape index (κ2) is 8.43. The van der Waals surface area contributed by atoms with Gasteiger partial charge in [-0.2, -0.15) is 0 Å². The van der Waals surface area contributed by atoms with Crippen LogP contribution >= 0.6 is 0 Å². The third-order valence-electron chi connectivity index (χ3n) is 6.81. The molecule has 0 unspecified atom stereocenters. The predicted molar refractivity (Wildman–Crippen MR) is 137 cm³/mol. The average Bonchev–Trinajstić information content (AvgIpc) is 3.33. The predicted octanol–water partition coefficient (Wildman–Crippen LogP) is 5.02. The SMILES string of the molecule is CN1CCC(c2ccc(Nc3nc(-c4cnc5[nH]ccc5c4)cc4cc[nH]c(=O)c34)cc2)CC1. The molecular formula is C27H26N6O. The third-order valence-corrected chi connectivity index (χ3v) is 6.81. The minimum atomic E-state index is -0.166. The lowest BCUT2D eigenvalue weighted by Gasteiger charge is -2.29. The summed E-state index contributed by atoms with van der Waals surface area (Å²) in [5, 5.41) is 5.79. The van der Waals surface area contributed by atoms with Gasteiger partial charge in [-0.1, -0.05) is 12.1 Å². The first kappa shape index (κ1) is 20.6. The number of nitrogens with zero attached hydrogens (tertiary/aromatic N) is 3. The van der Waals surface area contributed by atoms with E-state index in [2.05, 4.69) is 62.5 Å². The minimum Gasteiger partial charge on any atom is -0.346 e. The van der Waals surface area contributed by atoms with E-state index in [1.54, 1.807) is 12.4 Å². The van der Waals surface area contributed by atoms with E-state index in [9.17, 15) is 4.79 Å². The van der Waals surface area contributed by atoms with Crippen LogP contribution in [-0.2, 0) is 0 Å². The van der Waals surface area contributed by atoms with Gasteiger partial charge in [-0.05, 0) is 86.2 Å². The Kier molecular flexibility index (Phi) is 5.11. The van der Waals surface area contributed by atoms with E-state index in [0.717, 1.165) is 46.5 Å². The van der Waals surface area contributed by atoms with Crippen LogP contribution < -0.4 is 10.9 Å². The number of aromatic amines is 2. The van der Waals surface area contributed by atoms with Crippen molar-refractivity contribution in [2.24, 2.45) is 0 Å². The van der Waals surface area contributed by atoms with Crippen molar-refractivity contribution in [2.75, 3.05) is 25.5 Å². The highest BCUT2D eigenvalue weighted by Crippen LogP contribution is 2.31. The molecular weight excluding hydrogens is 424 g/mol. The summed E-state index contributed by atoms with van der Waals surface area (Å²) in [6.07, 6.45) is 7.72. The van der Waals surface area contributed by atoms with Gasteiger partial charge in [-0.3, -0.25) is 4.79 Å². The minimum absolute atomic E-state index is 0.166. The molecule has 6 rings (SSSR count). The number of piperidine rings is 1. The maximum atomic E-state index is 12.7. The molecule has 0 aliphatic carbocycles. The number of hydrogen-bond acceptors (Lipinski definition) is 5. The van der Waals surface area contributed by atoms with Crippen molar-refractivity contribution >= 4 is 33.3 Å². The summed E-state index contributed by atoms with van der Waals surface area (Å²) >= 11 is 0. The van der Waals surface area contributed by atoms with Crippen LogP contribution in [0.3, 0.4) is 0 Å². The number of pyridine rings is 3. The topological polar surface area (TPSA) is 89.7 Å². The summed E-state index contributed by atoms with van der Waals surface area (Å²) in [6, 6.07) is 16.4. The van der Waals surface area contributed by atoms with Crippen molar-refractivity contribution in [1.29, 1.82) is 0 Å². The number of rotatable bonds is 4. The highest BCUT2D eigenvalue weighted by Gasteiger charge is 2.18. The quantitative estimate of drug-likeness (QED) is 0.358. The van der Waals surface area contributed by atoms with E-state index in [1.165, 1.54) is 18.4 Å². The number of H-pyrrole nitrogens is 2. The number of fused-ring (bicyclic) bond motifs is 2. The molecule has 0 spiro atoms. The summed E-state index contributed by atoms with van der Waals surface area (Å²) in [4.78, 5) is 30.3. The maximum Gasteiger partial charge on any atom is 0.259 e. The van der Waals surface area contributed by atoms with E-state index in [0.29, 0.717) is 17.1 Å². The van der Waals surface area contributed by atoms with E-state index in [-0.39, 0.29) is 5.56 Å². The van der Waals surface area contributed by atoms with Crippen molar-refractivity contribution in [3.05, 3.63) is 83.0 Å². The number of nitrogens with one attached hydrogen (secondary N) is 3. The molecule has 5 aromatic rings. The van der Waals surface area contributed by atoms with Crippen molar-refractivity contribution in [3.8, 4) is 11.3 Å². The van der Waals surface area contributed by atoms with Crippen LogP contribution in [0.15, 0.2) is 71.9 Å². The Balaban J connectivity index is 1.37. The zero-order chi connectivity index (χ0) is 23.1. The van der Waals surface area contributed by atoms with Crippen LogP contribution in [0.1, 0.15) is 24.3 Å². The Bertz CT molecular complexity index is 1530. The standard InChI is InChI=1S/C27H26N6O/c1-33-12-8-18(9-13-33)17-2-4-22(5-3-17)31-26-24-19(6-11-29-27(24)34)15-23(32-26)21-14-20-7-10-28-25(20)30-16-21/h2-7,10-11,14-16,18H,8-9,12-13H2,1H3,(H,28,30)(H,29,34)(H,31,32). The van der Waals surface area contributed by atoms with Gasteiger partial charge < -0.3 is 20.2 Å². The van der Waals surface area contributed by atoms with Crippen LogP contribution in [0.25, 0.3) is 33.1 Å². The molecule has 1 aliphatic heterocycles. The number of likely N-dealkylation sites (tertiary alicyclic amines) is 1. The van der Waals surface area contributed by atoms with Gasteiger partial charge in [0.2, 0.25) is 0 Å². The second-order valence-corrected chi connectivity index (χ2v) is 9.09. The molecule has 0 bridgehead atoms. The summed E-state index contributed by atoms with van der Waals surface area (Å²) in [5.74, 6) is 1.14. The van der Waals surface area contributed by atoms with Gasteiger partial charge in [-0.25, -0.2) is 9.97 Å². The van der Waals surface area contributed by atoms with E-state index < -0.39 is 0 Å². The molecule has 5 heterocycles. The molecule has 1 aliphatic rings. The van der Waals surface area contributed by atoms with Crippen LogP contribution in [-0.4, -0.2) is 45.0 Å². The third kappa shape index (κ3) is 3.84. The van der Waals surface area contributed by atoms with Crippen LogP contribution in [0.5, 0.6) is 0 Å². The van der Waals surface area contributed by atoms with E-state index in [4.69, 9.17) is 4.98 Å². The lowest BCUT2D eigenvalue weighted by Crippen LogP contribution is -2.29. The van der Waals surface area contributed by atoms with Crippen LogP contribution in [0.2, 0.25) is 0 Å². The van der Waals surface area contributed by atoms with Gasteiger partial charge in [0, 0.05) is 35.2 Å². The van der Waals surface area contributed by atoms with Gasteiger partial charge in [0.1, 0.15) is 11.5 Å². The number of benzene rings is 1. The molecule has 7 heteroatoms. The Morgan fingerprint density at radius 2 is 1.74 bits per heavy atom. The van der Waals surface area contributed by atoms with Crippen LogP contribution in [0, 0.1) is 0 Å². The lowest BCUT2D eigenvalue weighted by molar-refractivity contribution is 0.255. The molecule has 170 valence electrons. The molecule has 0 amide bonds. The van der Waals surface area contributed by atoms with Gasteiger partial charge in [0.05, 0.1) is 11.1 Å². The fourth-order valence-electron chi connectivity index (χ4n) is 4.85. The maximum absolute atomic E-state index is 12.7. The van der Waals surface area contributed by atoms with E-state index >= 15 is 0 Å². The molecule has 0 saturated carbocycles. The van der Waals surface area contributed by atoms with Crippen molar-refractivity contribution < 1.29 is 0 Å². The van der Waals surface area contributed by atoms with Gasteiger partial charge in [-0.15, -0.1) is 0 Å². The summed E-state index contributed by atoms with van der Waals surface area (Å²) in [5.41, 5.74) is 4.61. The first-order chi connectivity index (χ1) is 16.6. The second-order valence-electron chi connectivity index (χ2n) is 9.09. The number of anilines is 2. The van der Waals surface area contributed by atoms with Crippen molar-refractivity contribution in [2.45, 2.75) is 18.8 Å². The Labute approximate surface area is 196 Å². The molecule has 34 heavy (non-hydrogen) atoms. The fourth-order valence-corrected chi connectivity index (χ4v) is 4.85. The molecule has 7 nitrogen and oxygen atoms in total. The Morgan fingerprint density at radius 3 is 2.56 bits per heavy atom. The van der Waals surface area contributed by atoms with Gasteiger partial charge in [0.25, 0.3) is 5.56 Å². The largest absolute Gasteiger partial charge is 0.346 e.